The summed E-state index contributed by atoms with van der Waals surface area (Å²) in [6.45, 7) is 0.399. The van der Waals surface area contributed by atoms with Gasteiger partial charge in [0.1, 0.15) is 10.6 Å². The maximum absolute atomic E-state index is 13.1. The first-order valence-electron chi connectivity index (χ1n) is 6.57. The number of hydrogen-bond donors (Lipinski definition) is 1. The van der Waals surface area contributed by atoms with Crippen molar-refractivity contribution >= 4 is 38.8 Å². The van der Waals surface area contributed by atoms with Crippen LogP contribution in [0.1, 0.15) is 6.42 Å². The molecular weight excluding hydrogens is 321 g/mol. The van der Waals surface area contributed by atoms with Crippen molar-refractivity contribution in [3.8, 4) is 11.1 Å². The predicted octanol–water partition coefficient (Wildman–Crippen LogP) is 2.94. The average molecular weight is 333 g/mol. The van der Waals surface area contributed by atoms with Crippen LogP contribution in [-0.4, -0.2) is 14.5 Å². The number of nitrogens with two attached hydrogens (primary N) is 1. The number of halogens is 1. The van der Waals surface area contributed by atoms with Gasteiger partial charge in [0.25, 0.3) is 5.56 Å². The van der Waals surface area contributed by atoms with Crippen LogP contribution in [0.15, 0.2) is 40.8 Å². The Hall–Kier alpha value is -2.12. The molecule has 1 aromatic carbocycles. The Morgan fingerprint density at radius 1 is 1.36 bits per heavy atom. The lowest BCUT2D eigenvalue weighted by molar-refractivity contribution is 0.628. The van der Waals surface area contributed by atoms with Gasteiger partial charge in [-0.15, -0.1) is 11.3 Å². The van der Waals surface area contributed by atoms with Gasteiger partial charge in [0.15, 0.2) is 0 Å². The summed E-state index contributed by atoms with van der Waals surface area (Å²) in [5.41, 5.74) is 6.90. The molecule has 3 rings (SSSR count). The molecule has 0 aliphatic heterocycles. The summed E-state index contributed by atoms with van der Waals surface area (Å²) in [5, 5.41) is 2.41. The van der Waals surface area contributed by atoms with Gasteiger partial charge in [0.2, 0.25) is 0 Å². The SMILES string of the molecule is NC(=S)CCn1cnc2scc(-c3ccc(F)cc3)c2c1=O. The molecule has 0 radical (unpaired) electrons. The van der Waals surface area contributed by atoms with E-state index in [2.05, 4.69) is 4.98 Å². The van der Waals surface area contributed by atoms with Crippen LogP contribution in [0.4, 0.5) is 4.39 Å². The van der Waals surface area contributed by atoms with Crippen molar-refractivity contribution in [2.24, 2.45) is 5.73 Å². The molecule has 0 bridgehead atoms. The van der Waals surface area contributed by atoms with Gasteiger partial charge in [-0.25, -0.2) is 9.37 Å². The molecule has 0 unspecified atom stereocenters. The van der Waals surface area contributed by atoms with Crippen molar-refractivity contribution in [2.75, 3.05) is 0 Å². The summed E-state index contributed by atoms with van der Waals surface area (Å²) in [4.78, 5) is 18.0. The van der Waals surface area contributed by atoms with Crippen LogP contribution in [0.25, 0.3) is 21.3 Å². The first kappa shape index (κ1) is 14.8. The molecule has 0 fully saturated rings. The summed E-state index contributed by atoms with van der Waals surface area (Å²) in [6, 6.07) is 6.06. The number of fused-ring (bicyclic) bond motifs is 1. The van der Waals surface area contributed by atoms with E-state index in [0.717, 1.165) is 11.1 Å². The summed E-state index contributed by atoms with van der Waals surface area (Å²) < 4.78 is 14.6. The first-order valence-corrected chi connectivity index (χ1v) is 7.86. The smallest absolute Gasteiger partial charge is 0.262 e. The van der Waals surface area contributed by atoms with Crippen LogP contribution in [0.2, 0.25) is 0 Å². The lowest BCUT2D eigenvalue weighted by Gasteiger charge is -2.05. The summed E-state index contributed by atoms with van der Waals surface area (Å²) in [5.74, 6) is -0.310. The van der Waals surface area contributed by atoms with E-state index >= 15 is 0 Å². The number of hydrogen-bond acceptors (Lipinski definition) is 4. The van der Waals surface area contributed by atoms with Gasteiger partial charge in [-0.05, 0) is 17.7 Å². The van der Waals surface area contributed by atoms with E-state index in [1.807, 2.05) is 5.38 Å². The van der Waals surface area contributed by atoms with E-state index < -0.39 is 0 Å². The molecule has 0 saturated heterocycles. The second-order valence-electron chi connectivity index (χ2n) is 4.80. The Morgan fingerprint density at radius 3 is 2.77 bits per heavy atom. The fourth-order valence-corrected chi connectivity index (χ4v) is 3.20. The van der Waals surface area contributed by atoms with Crippen LogP contribution in [0.3, 0.4) is 0 Å². The van der Waals surface area contributed by atoms with Gasteiger partial charge in [-0.2, -0.15) is 0 Å². The maximum atomic E-state index is 13.1. The molecule has 0 saturated carbocycles. The molecule has 7 heteroatoms. The van der Waals surface area contributed by atoms with Crippen molar-refractivity contribution < 1.29 is 4.39 Å². The average Bonchev–Trinajstić information content (AvgIpc) is 2.92. The normalized spacial score (nSPS) is 11.0. The zero-order chi connectivity index (χ0) is 15.7. The molecule has 112 valence electrons. The molecule has 0 atom stereocenters. The third kappa shape index (κ3) is 2.77. The van der Waals surface area contributed by atoms with Gasteiger partial charge < -0.3 is 5.73 Å². The fourth-order valence-electron chi connectivity index (χ4n) is 2.20. The number of aromatic nitrogens is 2. The molecule has 2 heterocycles. The molecule has 2 N–H and O–H groups in total. The predicted molar refractivity (Wildman–Crippen MR) is 90.7 cm³/mol. The molecule has 3 aromatic rings. The Morgan fingerprint density at radius 2 is 2.09 bits per heavy atom. The molecule has 0 aliphatic rings. The van der Waals surface area contributed by atoms with Crippen LogP contribution in [0, 0.1) is 5.82 Å². The van der Waals surface area contributed by atoms with Crippen molar-refractivity contribution in [3.63, 3.8) is 0 Å². The number of nitrogens with zero attached hydrogens (tertiary/aromatic N) is 2. The highest BCUT2D eigenvalue weighted by Gasteiger charge is 2.13. The number of thiophene rings is 1. The molecule has 0 aliphatic carbocycles. The van der Waals surface area contributed by atoms with Crippen LogP contribution in [0.5, 0.6) is 0 Å². The highest BCUT2D eigenvalue weighted by molar-refractivity contribution is 7.80. The van der Waals surface area contributed by atoms with Gasteiger partial charge in [-0.1, -0.05) is 24.4 Å². The summed E-state index contributed by atoms with van der Waals surface area (Å²) in [6.07, 6.45) is 1.95. The Balaban J connectivity index is 2.12. The number of aryl methyl sites for hydroxylation is 1. The quantitative estimate of drug-likeness (QED) is 0.746. The van der Waals surface area contributed by atoms with Crippen molar-refractivity contribution in [3.05, 3.63) is 52.1 Å². The van der Waals surface area contributed by atoms with Gasteiger partial charge in [0.05, 0.1) is 16.7 Å². The Labute approximate surface area is 135 Å². The highest BCUT2D eigenvalue weighted by atomic mass is 32.1. The largest absolute Gasteiger partial charge is 0.393 e. The Bertz CT molecular complexity index is 899. The Kier molecular flexibility index (Phi) is 4.00. The minimum atomic E-state index is -0.310. The van der Waals surface area contributed by atoms with Crippen molar-refractivity contribution in [1.82, 2.24) is 9.55 Å². The van der Waals surface area contributed by atoms with E-state index in [-0.39, 0.29) is 11.4 Å². The standard InChI is InChI=1S/C15H12FN3OS2/c16-10-3-1-9(2-4-10)11-7-22-14-13(11)15(20)19(8-18-14)6-5-12(17)21/h1-4,7-8H,5-6H2,(H2,17,21). The van der Waals surface area contributed by atoms with Crippen LogP contribution in [-0.2, 0) is 6.54 Å². The topological polar surface area (TPSA) is 60.9 Å². The molecule has 4 nitrogen and oxygen atoms in total. The second-order valence-corrected chi connectivity index (χ2v) is 6.18. The highest BCUT2D eigenvalue weighted by Crippen LogP contribution is 2.30. The minimum absolute atomic E-state index is 0.137. The van der Waals surface area contributed by atoms with Gasteiger partial charge in [-0.3, -0.25) is 9.36 Å². The molecule has 0 amide bonds. The number of benzene rings is 1. The molecule has 0 spiro atoms. The minimum Gasteiger partial charge on any atom is -0.393 e. The van der Waals surface area contributed by atoms with E-state index in [4.69, 9.17) is 18.0 Å². The molecule has 22 heavy (non-hydrogen) atoms. The zero-order valence-corrected chi connectivity index (χ0v) is 13.1. The van der Waals surface area contributed by atoms with Crippen LogP contribution < -0.4 is 11.3 Å². The van der Waals surface area contributed by atoms with E-state index in [9.17, 15) is 9.18 Å². The van der Waals surface area contributed by atoms with Crippen molar-refractivity contribution in [1.29, 1.82) is 0 Å². The van der Waals surface area contributed by atoms with Crippen molar-refractivity contribution in [2.45, 2.75) is 13.0 Å². The number of thiocarbonyl (C=S) groups is 1. The lowest BCUT2D eigenvalue weighted by atomic mass is 10.1. The third-order valence-electron chi connectivity index (χ3n) is 3.32. The van der Waals surface area contributed by atoms with Gasteiger partial charge in [0, 0.05) is 23.9 Å². The monoisotopic (exact) mass is 333 g/mol. The first-order chi connectivity index (χ1) is 10.6. The maximum Gasteiger partial charge on any atom is 0.262 e. The van der Waals surface area contributed by atoms with Crippen LogP contribution >= 0.6 is 23.6 Å². The second kappa shape index (κ2) is 5.94. The summed E-state index contributed by atoms with van der Waals surface area (Å²) >= 11 is 6.23. The zero-order valence-electron chi connectivity index (χ0n) is 11.5. The van der Waals surface area contributed by atoms with E-state index in [0.29, 0.717) is 28.2 Å². The van der Waals surface area contributed by atoms with Gasteiger partial charge >= 0.3 is 0 Å². The number of rotatable bonds is 4. The molecular formula is C15H12FN3OS2. The molecule has 2 aromatic heterocycles. The van der Waals surface area contributed by atoms with E-state index in [1.165, 1.54) is 34.4 Å². The lowest BCUT2D eigenvalue weighted by Crippen LogP contribution is -2.23. The third-order valence-corrected chi connectivity index (χ3v) is 4.41. The van der Waals surface area contributed by atoms with E-state index in [1.54, 1.807) is 12.1 Å². The summed E-state index contributed by atoms with van der Waals surface area (Å²) in [7, 11) is 0. The fraction of sp³-hybridized carbons (Fsp3) is 0.133.